The van der Waals surface area contributed by atoms with E-state index in [0.29, 0.717) is 6.07 Å². The van der Waals surface area contributed by atoms with Gasteiger partial charge in [0.2, 0.25) is 0 Å². The standard InChI is InChI=1S/C6H4BrF2NO/c7-4-1-3(8)2-5(9)6(4)11-10/h1-2H,10H2. The van der Waals surface area contributed by atoms with E-state index in [1.165, 1.54) is 0 Å². The summed E-state index contributed by atoms with van der Waals surface area (Å²) in [6.45, 7) is 0. The molecule has 0 bridgehead atoms. The largest absolute Gasteiger partial charge is 0.407 e. The molecule has 0 atom stereocenters. The Bertz CT molecular complexity index is 256. The minimum absolute atomic E-state index is 0.150. The molecule has 1 aromatic carbocycles. The van der Waals surface area contributed by atoms with Crippen LogP contribution in [0.5, 0.6) is 5.75 Å². The molecule has 60 valence electrons. The van der Waals surface area contributed by atoms with Crippen LogP contribution < -0.4 is 10.7 Å². The third kappa shape index (κ3) is 1.66. The molecule has 0 saturated carbocycles. The van der Waals surface area contributed by atoms with Crippen LogP contribution in [0.15, 0.2) is 16.6 Å². The number of hydrogen-bond donors (Lipinski definition) is 1. The highest BCUT2D eigenvalue weighted by atomic mass is 79.9. The van der Waals surface area contributed by atoms with E-state index in [4.69, 9.17) is 5.90 Å². The van der Waals surface area contributed by atoms with Gasteiger partial charge in [0, 0.05) is 6.07 Å². The van der Waals surface area contributed by atoms with Crippen LogP contribution in [0.25, 0.3) is 0 Å². The maximum atomic E-state index is 12.6. The zero-order valence-electron chi connectivity index (χ0n) is 5.27. The van der Waals surface area contributed by atoms with Gasteiger partial charge < -0.3 is 4.84 Å². The zero-order chi connectivity index (χ0) is 8.43. The van der Waals surface area contributed by atoms with Gasteiger partial charge in [-0.3, -0.25) is 0 Å². The quantitative estimate of drug-likeness (QED) is 0.740. The molecule has 0 unspecified atom stereocenters. The maximum absolute atomic E-state index is 12.6. The van der Waals surface area contributed by atoms with Gasteiger partial charge in [0.15, 0.2) is 11.6 Å². The van der Waals surface area contributed by atoms with Crippen molar-refractivity contribution >= 4 is 15.9 Å². The van der Waals surface area contributed by atoms with Gasteiger partial charge in [-0.15, -0.1) is 0 Å². The van der Waals surface area contributed by atoms with E-state index in [-0.39, 0.29) is 10.2 Å². The maximum Gasteiger partial charge on any atom is 0.196 e. The number of rotatable bonds is 1. The van der Waals surface area contributed by atoms with Crippen molar-refractivity contribution in [3.05, 3.63) is 28.2 Å². The molecule has 0 aliphatic heterocycles. The Labute approximate surface area is 70.0 Å². The summed E-state index contributed by atoms with van der Waals surface area (Å²) in [5, 5.41) is 0. The monoisotopic (exact) mass is 223 g/mol. The van der Waals surface area contributed by atoms with E-state index >= 15 is 0 Å². The first-order chi connectivity index (χ1) is 5.15. The summed E-state index contributed by atoms with van der Waals surface area (Å²) in [5.41, 5.74) is 0. The summed E-state index contributed by atoms with van der Waals surface area (Å²) >= 11 is 2.87. The molecule has 0 spiro atoms. The fourth-order valence-electron chi connectivity index (χ4n) is 0.642. The second-order valence-corrected chi connectivity index (χ2v) is 2.67. The predicted octanol–water partition coefficient (Wildman–Crippen LogP) is 1.98. The Hall–Kier alpha value is -0.680. The highest BCUT2D eigenvalue weighted by Crippen LogP contribution is 2.27. The molecular formula is C6H4BrF2NO. The second-order valence-electron chi connectivity index (χ2n) is 1.82. The van der Waals surface area contributed by atoms with E-state index in [0.717, 1.165) is 6.07 Å². The normalized spacial score (nSPS) is 9.82. The van der Waals surface area contributed by atoms with Crippen LogP contribution in [0, 0.1) is 11.6 Å². The Morgan fingerprint density at radius 1 is 1.36 bits per heavy atom. The van der Waals surface area contributed by atoms with E-state index in [1.807, 2.05) is 0 Å². The SMILES string of the molecule is NOc1c(F)cc(F)cc1Br. The minimum atomic E-state index is -0.834. The van der Waals surface area contributed by atoms with E-state index in [1.54, 1.807) is 0 Å². The summed E-state index contributed by atoms with van der Waals surface area (Å²) in [6.07, 6.45) is 0. The van der Waals surface area contributed by atoms with Crippen LogP contribution in [0.2, 0.25) is 0 Å². The first kappa shape index (κ1) is 8.42. The Morgan fingerprint density at radius 3 is 2.45 bits per heavy atom. The highest BCUT2D eigenvalue weighted by Gasteiger charge is 2.09. The lowest BCUT2D eigenvalue weighted by molar-refractivity contribution is 0.312. The van der Waals surface area contributed by atoms with E-state index in [2.05, 4.69) is 20.8 Å². The molecule has 5 heteroatoms. The summed E-state index contributed by atoms with van der Waals surface area (Å²) in [4.78, 5) is 4.14. The average Bonchev–Trinajstić information content (AvgIpc) is 1.85. The van der Waals surface area contributed by atoms with Crippen molar-refractivity contribution in [3.8, 4) is 5.75 Å². The molecular weight excluding hydrogens is 220 g/mol. The lowest BCUT2D eigenvalue weighted by atomic mass is 10.3. The molecule has 0 aliphatic carbocycles. The molecule has 0 heterocycles. The lowest BCUT2D eigenvalue weighted by Crippen LogP contribution is -2.04. The molecule has 0 saturated heterocycles. The highest BCUT2D eigenvalue weighted by molar-refractivity contribution is 9.10. The van der Waals surface area contributed by atoms with Crippen LogP contribution in [-0.4, -0.2) is 0 Å². The van der Waals surface area contributed by atoms with Crippen LogP contribution in [0.4, 0.5) is 8.78 Å². The Kier molecular flexibility index (Phi) is 2.41. The van der Waals surface area contributed by atoms with Gasteiger partial charge >= 0.3 is 0 Å². The number of hydrogen-bond acceptors (Lipinski definition) is 2. The number of benzene rings is 1. The molecule has 2 nitrogen and oxygen atoms in total. The van der Waals surface area contributed by atoms with Crippen molar-refractivity contribution in [1.82, 2.24) is 0 Å². The van der Waals surface area contributed by atoms with Crippen molar-refractivity contribution in [2.24, 2.45) is 5.90 Å². The Balaban J connectivity index is 3.25. The third-order valence-electron chi connectivity index (χ3n) is 1.08. The van der Waals surface area contributed by atoms with Gasteiger partial charge in [0.25, 0.3) is 0 Å². The van der Waals surface area contributed by atoms with Crippen molar-refractivity contribution in [1.29, 1.82) is 0 Å². The molecule has 1 rings (SSSR count). The zero-order valence-corrected chi connectivity index (χ0v) is 6.86. The average molecular weight is 224 g/mol. The van der Waals surface area contributed by atoms with Gasteiger partial charge in [-0.1, -0.05) is 0 Å². The molecule has 0 aliphatic rings. The molecule has 1 aromatic rings. The van der Waals surface area contributed by atoms with Crippen LogP contribution >= 0.6 is 15.9 Å². The van der Waals surface area contributed by atoms with E-state index in [9.17, 15) is 8.78 Å². The van der Waals surface area contributed by atoms with Crippen molar-refractivity contribution in [2.45, 2.75) is 0 Å². The summed E-state index contributed by atoms with van der Waals surface area (Å²) in [6, 6.07) is 1.75. The summed E-state index contributed by atoms with van der Waals surface area (Å²) in [7, 11) is 0. The smallest absolute Gasteiger partial charge is 0.196 e. The van der Waals surface area contributed by atoms with Crippen LogP contribution in [0.3, 0.4) is 0 Å². The molecule has 0 aromatic heterocycles. The van der Waals surface area contributed by atoms with Gasteiger partial charge in [0.05, 0.1) is 4.47 Å². The van der Waals surface area contributed by atoms with Gasteiger partial charge in [-0.25, -0.2) is 8.78 Å². The molecule has 11 heavy (non-hydrogen) atoms. The van der Waals surface area contributed by atoms with Crippen molar-refractivity contribution < 1.29 is 13.6 Å². The lowest BCUT2D eigenvalue weighted by Gasteiger charge is -2.02. The third-order valence-corrected chi connectivity index (χ3v) is 1.67. The van der Waals surface area contributed by atoms with E-state index < -0.39 is 11.6 Å². The van der Waals surface area contributed by atoms with Gasteiger partial charge in [-0.05, 0) is 22.0 Å². The van der Waals surface area contributed by atoms with Crippen molar-refractivity contribution in [2.75, 3.05) is 0 Å². The fourth-order valence-corrected chi connectivity index (χ4v) is 1.14. The topological polar surface area (TPSA) is 35.2 Å². The van der Waals surface area contributed by atoms with Gasteiger partial charge in [0.1, 0.15) is 5.82 Å². The summed E-state index contributed by atoms with van der Waals surface area (Å²) in [5.74, 6) is 2.99. The number of nitrogens with two attached hydrogens (primary N) is 1. The van der Waals surface area contributed by atoms with Gasteiger partial charge in [-0.2, -0.15) is 5.90 Å². The second kappa shape index (κ2) is 3.15. The first-order valence-electron chi connectivity index (χ1n) is 2.66. The minimum Gasteiger partial charge on any atom is -0.407 e. The molecule has 2 N–H and O–H groups in total. The first-order valence-corrected chi connectivity index (χ1v) is 3.45. The molecule has 0 radical (unpaired) electrons. The van der Waals surface area contributed by atoms with Crippen LogP contribution in [0.1, 0.15) is 0 Å². The summed E-state index contributed by atoms with van der Waals surface area (Å²) < 4.78 is 25.2. The Morgan fingerprint density at radius 2 is 2.00 bits per heavy atom. The van der Waals surface area contributed by atoms with Crippen LogP contribution in [-0.2, 0) is 0 Å². The number of halogens is 3. The predicted molar refractivity (Wildman–Crippen MR) is 38.9 cm³/mol. The molecule has 0 amide bonds. The molecule has 0 fully saturated rings. The fraction of sp³-hybridized carbons (Fsp3) is 0. The van der Waals surface area contributed by atoms with Crippen molar-refractivity contribution in [3.63, 3.8) is 0 Å².